The van der Waals surface area contributed by atoms with Crippen molar-refractivity contribution in [3.8, 4) is 0 Å². The molecule has 5 N–H and O–H groups in total. The van der Waals surface area contributed by atoms with Crippen LogP contribution in [0.4, 0.5) is 11.4 Å². The maximum absolute atomic E-state index is 11.2. The number of nitrogens with zero attached hydrogens (tertiary/aromatic N) is 1. The Labute approximate surface area is 99.6 Å². The largest absolute Gasteiger partial charge is 0.396 e. The van der Waals surface area contributed by atoms with Crippen molar-refractivity contribution in [2.24, 2.45) is 5.73 Å². The molecule has 0 unspecified atom stereocenters. The van der Waals surface area contributed by atoms with E-state index in [1.54, 1.807) is 37.2 Å². The van der Waals surface area contributed by atoms with Gasteiger partial charge in [0.1, 0.15) is 0 Å². The summed E-state index contributed by atoms with van der Waals surface area (Å²) in [6, 6.07) is 4.95. The minimum absolute atomic E-state index is 0.142. The number of para-hydroxylation sites is 1. The van der Waals surface area contributed by atoms with Gasteiger partial charge in [0.25, 0.3) is 5.91 Å². The molecule has 0 atom stereocenters. The highest BCUT2D eigenvalue weighted by atomic mass is 16.2. The highest BCUT2D eigenvalue weighted by Gasteiger charge is 2.13. The standard InChI is InChI=1S/C11H16N4O2/c1-14-9(16)6-15(2)8-5-3-4-7(10(8)12)11(13)17/h3-5H,6,12H2,1-2H3,(H2,13,17)(H,14,16). The molecular weight excluding hydrogens is 220 g/mol. The second kappa shape index (κ2) is 5.20. The number of hydrogen-bond donors (Lipinski definition) is 3. The normalized spacial score (nSPS) is 9.76. The molecular formula is C11H16N4O2. The number of nitrogen functional groups attached to an aromatic ring is 1. The first-order valence-corrected chi connectivity index (χ1v) is 5.07. The molecule has 2 amide bonds. The van der Waals surface area contributed by atoms with Gasteiger partial charge in [-0.25, -0.2) is 0 Å². The number of hydrogen-bond acceptors (Lipinski definition) is 4. The Kier molecular flexibility index (Phi) is 3.92. The summed E-state index contributed by atoms with van der Waals surface area (Å²) in [6.07, 6.45) is 0. The minimum Gasteiger partial charge on any atom is -0.396 e. The van der Waals surface area contributed by atoms with E-state index < -0.39 is 5.91 Å². The summed E-state index contributed by atoms with van der Waals surface area (Å²) < 4.78 is 0. The second-order valence-electron chi connectivity index (χ2n) is 3.63. The molecule has 92 valence electrons. The number of carbonyl (C=O) groups is 2. The Balaban J connectivity index is 3.02. The molecule has 0 spiro atoms. The lowest BCUT2D eigenvalue weighted by Gasteiger charge is -2.21. The van der Waals surface area contributed by atoms with Gasteiger partial charge in [0.15, 0.2) is 0 Å². The van der Waals surface area contributed by atoms with Crippen LogP contribution in [0.5, 0.6) is 0 Å². The van der Waals surface area contributed by atoms with Crippen molar-refractivity contribution in [1.82, 2.24) is 5.32 Å². The molecule has 0 aliphatic carbocycles. The van der Waals surface area contributed by atoms with E-state index in [2.05, 4.69) is 5.32 Å². The number of nitrogens with two attached hydrogens (primary N) is 2. The van der Waals surface area contributed by atoms with Gasteiger partial charge in [-0.05, 0) is 12.1 Å². The Morgan fingerprint density at radius 2 is 2.06 bits per heavy atom. The number of rotatable bonds is 4. The number of likely N-dealkylation sites (N-methyl/N-ethyl adjacent to an activating group) is 2. The van der Waals surface area contributed by atoms with E-state index in [0.29, 0.717) is 5.69 Å². The lowest BCUT2D eigenvalue weighted by molar-refractivity contribution is -0.119. The van der Waals surface area contributed by atoms with Gasteiger partial charge in [0.05, 0.1) is 23.5 Å². The number of amides is 2. The molecule has 1 aromatic carbocycles. The first kappa shape index (κ1) is 12.8. The van der Waals surface area contributed by atoms with Crippen molar-refractivity contribution in [3.63, 3.8) is 0 Å². The van der Waals surface area contributed by atoms with Crippen LogP contribution in [0.15, 0.2) is 18.2 Å². The van der Waals surface area contributed by atoms with Crippen LogP contribution in [0.2, 0.25) is 0 Å². The molecule has 6 heteroatoms. The third-order valence-corrected chi connectivity index (χ3v) is 2.42. The van der Waals surface area contributed by atoms with E-state index in [-0.39, 0.29) is 23.7 Å². The number of anilines is 2. The van der Waals surface area contributed by atoms with Crippen molar-refractivity contribution < 1.29 is 9.59 Å². The maximum atomic E-state index is 11.2. The van der Waals surface area contributed by atoms with Crippen LogP contribution in [0.3, 0.4) is 0 Å². The summed E-state index contributed by atoms with van der Waals surface area (Å²) in [4.78, 5) is 24.0. The van der Waals surface area contributed by atoms with Crippen molar-refractivity contribution in [2.45, 2.75) is 0 Å². The summed E-state index contributed by atoms with van der Waals surface area (Å²) in [5, 5.41) is 2.51. The van der Waals surface area contributed by atoms with Crippen LogP contribution in [-0.4, -0.2) is 32.5 Å². The third kappa shape index (κ3) is 2.87. The zero-order valence-corrected chi connectivity index (χ0v) is 9.86. The highest BCUT2D eigenvalue weighted by molar-refractivity contribution is 6.01. The fourth-order valence-electron chi connectivity index (χ4n) is 1.48. The predicted octanol–water partition coefficient (Wildman–Crippen LogP) is -0.450. The average Bonchev–Trinajstić information content (AvgIpc) is 2.28. The van der Waals surface area contributed by atoms with Crippen LogP contribution in [0.25, 0.3) is 0 Å². The highest BCUT2D eigenvalue weighted by Crippen LogP contribution is 2.25. The van der Waals surface area contributed by atoms with Crippen LogP contribution < -0.4 is 21.7 Å². The van der Waals surface area contributed by atoms with Gasteiger partial charge < -0.3 is 21.7 Å². The fourth-order valence-corrected chi connectivity index (χ4v) is 1.48. The molecule has 0 aromatic heterocycles. The third-order valence-electron chi connectivity index (χ3n) is 2.42. The van der Waals surface area contributed by atoms with E-state index in [0.717, 1.165) is 0 Å². The van der Waals surface area contributed by atoms with Crippen LogP contribution in [0, 0.1) is 0 Å². The van der Waals surface area contributed by atoms with E-state index in [1.807, 2.05) is 0 Å². The topological polar surface area (TPSA) is 101 Å². The first-order valence-electron chi connectivity index (χ1n) is 5.07. The molecule has 0 fully saturated rings. The summed E-state index contributed by atoms with van der Waals surface area (Å²) in [5.74, 6) is -0.728. The molecule has 6 nitrogen and oxygen atoms in total. The molecule has 1 rings (SSSR count). The van der Waals surface area contributed by atoms with E-state index in [1.165, 1.54) is 0 Å². The fraction of sp³-hybridized carbons (Fsp3) is 0.273. The Bertz CT molecular complexity index is 445. The van der Waals surface area contributed by atoms with Gasteiger partial charge in [-0.15, -0.1) is 0 Å². The van der Waals surface area contributed by atoms with Gasteiger partial charge in [-0.2, -0.15) is 0 Å². The van der Waals surface area contributed by atoms with E-state index in [4.69, 9.17) is 11.5 Å². The molecule has 0 aliphatic rings. The Hall–Kier alpha value is -2.24. The van der Waals surface area contributed by atoms with Gasteiger partial charge in [-0.3, -0.25) is 9.59 Å². The molecule has 0 radical (unpaired) electrons. The Morgan fingerprint density at radius 1 is 1.41 bits per heavy atom. The molecule has 0 aliphatic heterocycles. The smallest absolute Gasteiger partial charge is 0.250 e. The number of carbonyl (C=O) groups excluding carboxylic acids is 2. The maximum Gasteiger partial charge on any atom is 0.250 e. The van der Waals surface area contributed by atoms with Crippen molar-refractivity contribution in [2.75, 3.05) is 31.3 Å². The molecule has 0 saturated carbocycles. The summed E-state index contributed by atoms with van der Waals surface area (Å²) >= 11 is 0. The molecule has 0 saturated heterocycles. The summed E-state index contributed by atoms with van der Waals surface area (Å²) in [5.41, 5.74) is 12.2. The van der Waals surface area contributed by atoms with E-state index >= 15 is 0 Å². The average molecular weight is 236 g/mol. The molecule has 1 aromatic rings. The summed E-state index contributed by atoms with van der Waals surface area (Å²) in [6.45, 7) is 0.156. The quantitative estimate of drug-likeness (QED) is 0.616. The minimum atomic E-state index is -0.585. The lowest BCUT2D eigenvalue weighted by Crippen LogP contribution is -2.33. The SMILES string of the molecule is CNC(=O)CN(C)c1cccc(C(N)=O)c1N. The van der Waals surface area contributed by atoms with Crippen LogP contribution >= 0.6 is 0 Å². The molecule has 0 bridgehead atoms. The van der Waals surface area contributed by atoms with Gasteiger partial charge in [-0.1, -0.05) is 6.07 Å². The van der Waals surface area contributed by atoms with Crippen molar-refractivity contribution in [3.05, 3.63) is 23.8 Å². The lowest BCUT2D eigenvalue weighted by atomic mass is 10.1. The molecule has 0 heterocycles. The monoisotopic (exact) mass is 236 g/mol. The predicted molar refractivity (Wildman–Crippen MR) is 66.7 cm³/mol. The van der Waals surface area contributed by atoms with Gasteiger partial charge in [0, 0.05) is 14.1 Å². The van der Waals surface area contributed by atoms with Gasteiger partial charge >= 0.3 is 0 Å². The zero-order chi connectivity index (χ0) is 13.0. The first-order chi connectivity index (χ1) is 7.97. The Morgan fingerprint density at radius 3 is 2.59 bits per heavy atom. The summed E-state index contributed by atoms with van der Waals surface area (Å²) in [7, 11) is 3.27. The van der Waals surface area contributed by atoms with Crippen LogP contribution in [0.1, 0.15) is 10.4 Å². The van der Waals surface area contributed by atoms with E-state index in [9.17, 15) is 9.59 Å². The van der Waals surface area contributed by atoms with Crippen LogP contribution in [-0.2, 0) is 4.79 Å². The van der Waals surface area contributed by atoms with Gasteiger partial charge in [0.2, 0.25) is 5.91 Å². The molecule has 17 heavy (non-hydrogen) atoms. The number of nitrogens with one attached hydrogen (secondary N) is 1. The zero-order valence-electron chi connectivity index (χ0n) is 9.86. The van der Waals surface area contributed by atoms with Crippen molar-refractivity contribution in [1.29, 1.82) is 0 Å². The number of benzene rings is 1. The second-order valence-corrected chi connectivity index (χ2v) is 3.63. The number of primary amides is 1. The van der Waals surface area contributed by atoms with Crippen molar-refractivity contribution >= 4 is 23.2 Å².